The van der Waals surface area contributed by atoms with Gasteiger partial charge in [-0.15, -0.1) is 0 Å². The van der Waals surface area contributed by atoms with Crippen molar-refractivity contribution in [2.45, 2.75) is 13.8 Å². The first-order valence-corrected chi connectivity index (χ1v) is 6.43. The molecule has 2 aromatic carbocycles. The van der Waals surface area contributed by atoms with Crippen molar-refractivity contribution in [3.8, 4) is 11.4 Å². The molecule has 1 heterocycles. The molecular formula is C16H17N3. The van der Waals surface area contributed by atoms with Gasteiger partial charge in [-0.2, -0.15) is 0 Å². The van der Waals surface area contributed by atoms with Gasteiger partial charge in [-0.1, -0.05) is 18.2 Å². The second-order valence-electron chi connectivity index (χ2n) is 4.83. The Hall–Kier alpha value is -2.29. The van der Waals surface area contributed by atoms with Crippen LogP contribution in [0.25, 0.3) is 22.4 Å². The molecule has 0 unspecified atom stereocenters. The predicted octanol–water partition coefficient (Wildman–Crippen LogP) is 3.89. The standard InChI is InChI=1S/C16H17N3/c1-10-5-4-6-11(2)15(10)16-18-13-8-7-12(17-3)9-14(13)19-16/h4-9,17H,1-3H3,(H,18,19). The van der Waals surface area contributed by atoms with Crippen molar-refractivity contribution in [3.05, 3.63) is 47.5 Å². The third-order valence-electron chi connectivity index (χ3n) is 3.49. The van der Waals surface area contributed by atoms with Crippen LogP contribution >= 0.6 is 0 Å². The lowest BCUT2D eigenvalue weighted by Gasteiger charge is -2.05. The zero-order valence-corrected chi connectivity index (χ0v) is 11.4. The van der Waals surface area contributed by atoms with E-state index < -0.39 is 0 Å². The molecule has 0 amide bonds. The largest absolute Gasteiger partial charge is 0.388 e. The van der Waals surface area contributed by atoms with Crippen LogP contribution in [0.15, 0.2) is 36.4 Å². The molecule has 0 aliphatic heterocycles. The maximum atomic E-state index is 4.70. The smallest absolute Gasteiger partial charge is 0.139 e. The highest BCUT2D eigenvalue weighted by molar-refractivity contribution is 5.83. The van der Waals surface area contributed by atoms with Gasteiger partial charge < -0.3 is 10.3 Å². The van der Waals surface area contributed by atoms with Crippen LogP contribution in [-0.2, 0) is 0 Å². The van der Waals surface area contributed by atoms with E-state index in [1.165, 1.54) is 16.7 Å². The molecule has 0 bridgehead atoms. The molecule has 1 aromatic heterocycles. The Kier molecular flexibility index (Phi) is 2.75. The monoisotopic (exact) mass is 251 g/mol. The molecule has 0 saturated heterocycles. The van der Waals surface area contributed by atoms with Crippen LogP contribution in [0, 0.1) is 13.8 Å². The first-order valence-electron chi connectivity index (χ1n) is 6.43. The van der Waals surface area contributed by atoms with Crippen LogP contribution in [0.1, 0.15) is 11.1 Å². The second kappa shape index (κ2) is 4.43. The van der Waals surface area contributed by atoms with Crippen molar-refractivity contribution in [1.82, 2.24) is 9.97 Å². The predicted molar refractivity (Wildman–Crippen MR) is 80.6 cm³/mol. The number of hydrogen-bond acceptors (Lipinski definition) is 2. The summed E-state index contributed by atoms with van der Waals surface area (Å²) in [4.78, 5) is 8.11. The molecule has 0 atom stereocenters. The van der Waals surface area contributed by atoms with E-state index in [4.69, 9.17) is 4.98 Å². The Balaban J connectivity index is 2.21. The Morgan fingerprint density at radius 2 is 1.79 bits per heavy atom. The van der Waals surface area contributed by atoms with Gasteiger partial charge in [-0.25, -0.2) is 4.98 Å². The minimum Gasteiger partial charge on any atom is -0.388 e. The summed E-state index contributed by atoms with van der Waals surface area (Å²) in [5.74, 6) is 0.943. The summed E-state index contributed by atoms with van der Waals surface area (Å²) in [7, 11) is 1.92. The van der Waals surface area contributed by atoms with Gasteiger partial charge >= 0.3 is 0 Å². The SMILES string of the molecule is CNc1ccc2nc(-c3c(C)cccc3C)[nH]c2c1. The first kappa shape index (κ1) is 11.8. The van der Waals surface area contributed by atoms with Crippen molar-refractivity contribution in [1.29, 1.82) is 0 Å². The van der Waals surface area contributed by atoms with Gasteiger partial charge in [-0.05, 0) is 43.2 Å². The molecule has 96 valence electrons. The van der Waals surface area contributed by atoms with E-state index in [1.54, 1.807) is 0 Å². The molecule has 0 radical (unpaired) electrons. The van der Waals surface area contributed by atoms with E-state index in [9.17, 15) is 0 Å². The summed E-state index contributed by atoms with van der Waals surface area (Å²) in [6.45, 7) is 4.24. The van der Waals surface area contributed by atoms with Crippen LogP contribution in [0.2, 0.25) is 0 Å². The highest BCUT2D eigenvalue weighted by atomic mass is 14.9. The number of hydrogen-bond donors (Lipinski definition) is 2. The van der Waals surface area contributed by atoms with Gasteiger partial charge in [0.05, 0.1) is 11.0 Å². The lowest BCUT2D eigenvalue weighted by atomic mass is 10.0. The molecule has 0 spiro atoms. The van der Waals surface area contributed by atoms with Gasteiger partial charge in [0, 0.05) is 18.3 Å². The number of imidazole rings is 1. The summed E-state index contributed by atoms with van der Waals surface area (Å²) >= 11 is 0. The van der Waals surface area contributed by atoms with Crippen LogP contribution in [0.4, 0.5) is 5.69 Å². The van der Waals surface area contributed by atoms with E-state index in [0.717, 1.165) is 22.5 Å². The minimum absolute atomic E-state index is 0.943. The molecule has 0 aliphatic carbocycles. The quantitative estimate of drug-likeness (QED) is 0.725. The molecular weight excluding hydrogens is 234 g/mol. The number of aromatic amines is 1. The fourth-order valence-electron chi connectivity index (χ4n) is 2.47. The Morgan fingerprint density at radius 3 is 2.47 bits per heavy atom. The lowest BCUT2D eigenvalue weighted by Crippen LogP contribution is -1.89. The van der Waals surface area contributed by atoms with E-state index in [0.29, 0.717) is 0 Å². The summed E-state index contributed by atoms with van der Waals surface area (Å²) in [6, 6.07) is 12.5. The normalized spacial score (nSPS) is 10.9. The summed E-state index contributed by atoms with van der Waals surface area (Å²) in [6.07, 6.45) is 0. The van der Waals surface area contributed by atoms with E-state index in [1.807, 2.05) is 19.2 Å². The van der Waals surface area contributed by atoms with Crippen LogP contribution in [-0.4, -0.2) is 17.0 Å². The van der Waals surface area contributed by atoms with Gasteiger partial charge in [0.25, 0.3) is 0 Å². The minimum atomic E-state index is 0.943. The summed E-state index contributed by atoms with van der Waals surface area (Å²) in [5.41, 5.74) is 6.83. The number of anilines is 1. The van der Waals surface area contributed by atoms with Gasteiger partial charge in [0.1, 0.15) is 5.82 Å². The van der Waals surface area contributed by atoms with Gasteiger partial charge in [0.15, 0.2) is 0 Å². The zero-order valence-electron chi connectivity index (χ0n) is 11.4. The van der Waals surface area contributed by atoms with Crippen LogP contribution in [0.3, 0.4) is 0 Å². The topological polar surface area (TPSA) is 40.7 Å². The number of aromatic nitrogens is 2. The third kappa shape index (κ3) is 1.97. The molecule has 3 nitrogen and oxygen atoms in total. The van der Waals surface area contributed by atoms with Gasteiger partial charge in [-0.3, -0.25) is 0 Å². The van der Waals surface area contributed by atoms with Crippen molar-refractivity contribution in [2.75, 3.05) is 12.4 Å². The Labute approximate surface area is 112 Å². The number of rotatable bonds is 2. The fraction of sp³-hybridized carbons (Fsp3) is 0.188. The molecule has 3 aromatic rings. The number of nitrogens with zero attached hydrogens (tertiary/aromatic N) is 1. The third-order valence-corrected chi connectivity index (χ3v) is 3.49. The molecule has 3 heteroatoms. The fourth-order valence-corrected chi connectivity index (χ4v) is 2.47. The maximum absolute atomic E-state index is 4.70. The molecule has 2 N–H and O–H groups in total. The second-order valence-corrected chi connectivity index (χ2v) is 4.83. The van der Waals surface area contributed by atoms with Crippen LogP contribution in [0.5, 0.6) is 0 Å². The van der Waals surface area contributed by atoms with Crippen molar-refractivity contribution < 1.29 is 0 Å². The number of fused-ring (bicyclic) bond motifs is 1. The number of nitrogens with one attached hydrogen (secondary N) is 2. The van der Waals surface area contributed by atoms with Crippen LogP contribution < -0.4 is 5.32 Å². The Bertz CT molecular complexity index is 721. The number of benzene rings is 2. The van der Waals surface area contributed by atoms with E-state index >= 15 is 0 Å². The van der Waals surface area contributed by atoms with Crippen molar-refractivity contribution in [3.63, 3.8) is 0 Å². The first-order chi connectivity index (χ1) is 9.19. The molecule has 3 rings (SSSR count). The number of aryl methyl sites for hydroxylation is 2. The highest BCUT2D eigenvalue weighted by Crippen LogP contribution is 2.27. The van der Waals surface area contributed by atoms with E-state index in [-0.39, 0.29) is 0 Å². The molecule has 0 fully saturated rings. The van der Waals surface area contributed by atoms with Crippen molar-refractivity contribution in [2.24, 2.45) is 0 Å². The highest BCUT2D eigenvalue weighted by Gasteiger charge is 2.10. The number of H-pyrrole nitrogens is 1. The van der Waals surface area contributed by atoms with Crippen molar-refractivity contribution >= 4 is 16.7 Å². The lowest BCUT2D eigenvalue weighted by molar-refractivity contribution is 1.27. The molecule has 0 aliphatic rings. The zero-order chi connectivity index (χ0) is 13.4. The average molecular weight is 251 g/mol. The molecule has 0 saturated carbocycles. The Morgan fingerprint density at radius 1 is 1.05 bits per heavy atom. The van der Waals surface area contributed by atoms with Gasteiger partial charge in [0.2, 0.25) is 0 Å². The summed E-state index contributed by atoms with van der Waals surface area (Å²) in [5, 5.41) is 3.14. The summed E-state index contributed by atoms with van der Waals surface area (Å²) < 4.78 is 0. The average Bonchev–Trinajstić information content (AvgIpc) is 2.80. The van der Waals surface area contributed by atoms with E-state index in [2.05, 4.69) is 48.4 Å². The maximum Gasteiger partial charge on any atom is 0.139 e. The molecule has 19 heavy (non-hydrogen) atoms.